The lowest BCUT2D eigenvalue weighted by Gasteiger charge is -2.20. The molecule has 4 rings (SSSR count). The number of amides is 2. The Hall–Kier alpha value is -4.07. The van der Waals surface area contributed by atoms with Crippen LogP contribution >= 0.6 is 0 Å². The molecular formula is C24H21FN4O3. The highest BCUT2D eigenvalue weighted by molar-refractivity contribution is 6.18. The van der Waals surface area contributed by atoms with Crippen LogP contribution < -0.4 is 15.0 Å². The summed E-state index contributed by atoms with van der Waals surface area (Å²) < 4.78 is 18.2. The van der Waals surface area contributed by atoms with Crippen LogP contribution in [0.2, 0.25) is 0 Å². The van der Waals surface area contributed by atoms with Gasteiger partial charge >= 0.3 is 0 Å². The second-order valence-corrected chi connectivity index (χ2v) is 7.19. The third-order valence-corrected chi connectivity index (χ3v) is 5.02. The smallest absolute Gasteiger partial charge is 0.240 e. The van der Waals surface area contributed by atoms with Gasteiger partial charge in [0.2, 0.25) is 11.8 Å². The highest BCUT2D eigenvalue weighted by atomic mass is 19.1. The van der Waals surface area contributed by atoms with E-state index in [2.05, 4.69) is 15.3 Å². The normalized spacial score (nSPS) is 13.1. The summed E-state index contributed by atoms with van der Waals surface area (Å²) in [6.45, 7) is 0.0271. The van der Waals surface area contributed by atoms with Gasteiger partial charge in [-0.2, -0.15) is 0 Å². The van der Waals surface area contributed by atoms with Gasteiger partial charge in [-0.3, -0.25) is 14.5 Å². The minimum Gasteiger partial charge on any atom is -0.497 e. The van der Waals surface area contributed by atoms with E-state index in [1.54, 1.807) is 49.7 Å². The van der Waals surface area contributed by atoms with Crippen LogP contribution in [0.25, 0.3) is 0 Å². The van der Waals surface area contributed by atoms with Crippen molar-refractivity contribution in [1.82, 2.24) is 10.3 Å². The van der Waals surface area contributed by atoms with Crippen LogP contribution in [0.5, 0.6) is 5.75 Å². The van der Waals surface area contributed by atoms with E-state index in [9.17, 15) is 14.0 Å². The molecule has 8 heteroatoms. The van der Waals surface area contributed by atoms with E-state index in [1.807, 2.05) is 12.1 Å². The number of anilines is 1. The Morgan fingerprint density at radius 3 is 2.59 bits per heavy atom. The maximum absolute atomic E-state index is 13.1. The molecule has 0 bridgehead atoms. The van der Waals surface area contributed by atoms with Crippen molar-refractivity contribution in [2.75, 3.05) is 18.6 Å². The van der Waals surface area contributed by atoms with E-state index in [-0.39, 0.29) is 37.1 Å². The first kappa shape index (κ1) is 21.2. The lowest BCUT2D eigenvalue weighted by atomic mass is 10.1. The maximum Gasteiger partial charge on any atom is 0.240 e. The van der Waals surface area contributed by atoms with Gasteiger partial charge in [-0.15, -0.1) is 0 Å². The molecule has 1 aliphatic rings. The van der Waals surface area contributed by atoms with Crippen molar-refractivity contribution in [3.8, 4) is 5.75 Å². The predicted molar refractivity (Wildman–Crippen MR) is 119 cm³/mol. The number of benzene rings is 2. The summed E-state index contributed by atoms with van der Waals surface area (Å²) in [7, 11) is 1.59. The number of pyridine rings is 1. The number of rotatable bonds is 6. The van der Waals surface area contributed by atoms with E-state index in [0.717, 1.165) is 11.1 Å². The lowest BCUT2D eigenvalue weighted by Crippen LogP contribution is -2.41. The van der Waals surface area contributed by atoms with E-state index in [0.29, 0.717) is 23.0 Å². The number of aliphatic imine (C=N–C) groups is 1. The molecule has 0 radical (unpaired) electrons. The molecule has 1 aliphatic heterocycles. The summed E-state index contributed by atoms with van der Waals surface area (Å²) in [5, 5.41) is 2.76. The largest absolute Gasteiger partial charge is 0.497 e. The Morgan fingerprint density at radius 1 is 1.12 bits per heavy atom. The molecule has 3 aromatic rings. The summed E-state index contributed by atoms with van der Waals surface area (Å²) in [6.07, 6.45) is 1.58. The van der Waals surface area contributed by atoms with Crippen LogP contribution in [0.15, 0.2) is 71.9 Å². The van der Waals surface area contributed by atoms with Gasteiger partial charge in [0.05, 0.1) is 19.2 Å². The fraction of sp³-hybridized carbons (Fsp3) is 0.167. The van der Waals surface area contributed by atoms with Crippen LogP contribution in [0, 0.1) is 5.82 Å². The summed E-state index contributed by atoms with van der Waals surface area (Å²) in [6, 6.07) is 16.6. The standard InChI is InChI=1S/C24H21FN4O3/c1-32-19-10-6-17(7-11-19)21-13-23(31)29(24-20(28-21)3-2-12-26-24)15-22(30)27-14-16-4-8-18(25)9-5-16/h2-12H,13-15H2,1H3,(H,27,30). The molecule has 32 heavy (non-hydrogen) atoms. The highest BCUT2D eigenvalue weighted by Gasteiger charge is 2.27. The summed E-state index contributed by atoms with van der Waals surface area (Å²) in [5.74, 6) is 0.0560. The van der Waals surface area contributed by atoms with Gasteiger partial charge in [-0.1, -0.05) is 12.1 Å². The van der Waals surface area contributed by atoms with E-state index >= 15 is 0 Å². The summed E-state index contributed by atoms with van der Waals surface area (Å²) >= 11 is 0. The molecule has 2 heterocycles. The molecule has 1 N–H and O–H groups in total. The number of nitrogens with zero attached hydrogens (tertiary/aromatic N) is 3. The van der Waals surface area contributed by atoms with Crippen molar-refractivity contribution in [3.63, 3.8) is 0 Å². The zero-order valence-corrected chi connectivity index (χ0v) is 17.4. The second kappa shape index (κ2) is 9.38. The van der Waals surface area contributed by atoms with Crippen LogP contribution in [0.1, 0.15) is 17.5 Å². The van der Waals surface area contributed by atoms with Crippen molar-refractivity contribution < 1.29 is 18.7 Å². The Balaban J connectivity index is 1.52. The monoisotopic (exact) mass is 432 g/mol. The molecule has 2 amide bonds. The van der Waals surface area contributed by atoms with Crippen molar-refractivity contribution in [2.45, 2.75) is 13.0 Å². The molecule has 0 saturated heterocycles. The Morgan fingerprint density at radius 2 is 1.88 bits per heavy atom. The summed E-state index contributed by atoms with van der Waals surface area (Å²) in [4.78, 5) is 36.0. The predicted octanol–water partition coefficient (Wildman–Crippen LogP) is 3.40. The Bertz CT molecular complexity index is 1160. The van der Waals surface area contributed by atoms with Gasteiger partial charge < -0.3 is 10.1 Å². The number of aromatic nitrogens is 1. The number of fused-ring (bicyclic) bond motifs is 1. The van der Waals surface area contributed by atoms with Crippen LogP contribution in [-0.2, 0) is 16.1 Å². The number of nitrogens with one attached hydrogen (secondary N) is 1. The van der Waals surface area contributed by atoms with Crippen molar-refractivity contribution in [1.29, 1.82) is 0 Å². The van der Waals surface area contributed by atoms with Gasteiger partial charge in [-0.05, 0) is 59.7 Å². The van der Waals surface area contributed by atoms with Gasteiger partial charge in [0.25, 0.3) is 0 Å². The molecule has 0 unspecified atom stereocenters. The third-order valence-electron chi connectivity index (χ3n) is 5.02. The van der Waals surface area contributed by atoms with Crippen LogP contribution in [0.4, 0.5) is 15.9 Å². The fourth-order valence-electron chi connectivity index (χ4n) is 3.34. The molecule has 0 atom stereocenters. The van der Waals surface area contributed by atoms with Gasteiger partial charge in [0.15, 0.2) is 5.82 Å². The SMILES string of the molecule is COc1ccc(C2=Nc3cccnc3N(CC(=O)NCc3ccc(F)cc3)C(=O)C2)cc1. The zero-order valence-electron chi connectivity index (χ0n) is 17.4. The van der Waals surface area contributed by atoms with Gasteiger partial charge in [0.1, 0.15) is 23.8 Å². The molecule has 0 saturated carbocycles. The first-order valence-electron chi connectivity index (χ1n) is 10.0. The van der Waals surface area contributed by atoms with Crippen molar-refractivity contribution in [2.24, 2.45) is 4.99 Å². The second-order valence-electron chi connectivity index (χ2n) is 7.19. The van der Waals surface area contributed by atoms with Gasteiger partial charge in [-0.25, -0.2) is 14.4 Å². The minimum atomic E-state index is -0.354. The average Bonchev–Trinajstić information content (AvgIpc) is 2.95. The quantitative estimate of drug-likeness (QED) is 0.647. The highest BCUT2D eigenvalue weighted by Crippen LogP contribution is 2.31. The van der Waals surface area contributed by atoms with Crippen molar-refractivity contribution >= 4 is 29.0 Å². The Kier molecular flexibility index (Phi) is 6.21. The van der Waals surface area contributed by atoms with E-state index in [4.69, 9.17) is 4.74 Å². The number of methoxy groups -OCH3 is 1. The van der Waals surface area contributed by atoms with Gasteiger partial charge in [0, 0.05) is 12.7 Å². The van der Waals surface area contributed by atoms with Crippen molar-refractivity contribution in [3.05, 3.63) is 83.8 Å². The third kappa shape index (κ3) is 4.80. The molecule has 0 aliphatic carbocycles. The lowest BCUT2D eigenvalue weighted by molar-refractivity contribution is -0.123. The number of carbonyl (C=O) groups is 2. The van der Waals surface area contributed by atoms with Crippen LogP contribution in [0.3, 0.4) is 0 Å². The number of hydrogen-bond donors (Lipinski definition) is 1. The van der Waals surface area contributed by atoms with E-state index in [1.165, 1.54) is 17.0 Å². The number of halogens is 1. The number of ether oxygens (including phenoxy) is 1. The molecule has 2 aromatic carbocycles. The molecule has 0 fully saturated rings. The average molecular weight is 432 g/mol. The molecule has 0 spiro atoms. The fourth-order valence-corrected chi connectivity index (χ4v) is 3.34. The topological polar surface area (TPSA) is 83.9 Å². The van der Waals surface area contributed by atoms with Crippen LogP contribution in [-0.4, -0.2) is 36.2 Å². The molecule has 7 nitrogen and oxygen atoms in total. The maximum atomic E-state index is 13.1. The number of carbonyl (C=O) groups excluding carboxylic acids is 2. The molecule has 162 valence electrons. The number of hydrogen-bond acceptors (Lipinski definition) is 5. The molecular weight excluding hydrogens is 411 g/mol. The minimum absolute atomic E-state index is 0.0218. The molecule has 1 aromatic heterocycles. The Labute approximate surface area is 184 Å². The zero-order chi connectivity index (χ0) is 22.5. The first-order chi connectivity index (χ1) is 15.5. The first-order valence-corrected chi connectivity index (χ1v) is 10.0. The summed E-state index contributed by atoms with van der Waals surface area (Å²) in [5.41, 5.74) is 2.64. The van der Waals surface area contributed by atoms with E-state index < -0.39 is 0 Å².